The number of ether oxygens (including phenoxy) is 2. The lowest BCUT2D eigenvalue weighted by Crippen LogP contribution is -2.37. The number of hydrogen-bond donors (Lipinski definition) is 1. The fourth-order valence-electron chi connectivity index (χ4n) is 6.28. The van der Waals surface area contributed by atoms with Gasteiger partial charge in [-0.1, -0.05) is 62.4 Å². The molecule has 2 aliphatic carbocycles. The molecule has 154 valence electrons. The van der Waals surface area contributed by atoms with Crippen molar-refractivity contribution in [3.05, 3.63) is 66.2 Å². The average Bonchev–Trinajstić information content (AvgIpc) is 3.27. The van der Waals surface area contributed by atoms with E-state index in [0.717, 1.165) is 25.7 Å². The van der Waals surface area contributed by atoms with Crippen LogP contribution in [0, 0.1) is 10.8 Å². The van der Waals surface area contributed by atoms with Gasteiger partial charge in [0.25, 0.3) is 0 Å². The second-order valence-electron chi connectivity index (χ2n) is 9.76. The van der Waals surface area contributed by atoms with Crippen LogP contribution in [0.25, 0.3) is 0 Å². The van der Waals surface area contributed by atoms with Crippen LogP contribution in [0.5, 0.6) is 0 Å². The zero-order valence-corrected chi connectivity index (χ0v) is 18.1. The first-order valence-electron chi connectivity index (χ1n) is 10.6. The van der Waals surface area contributed by atoms with Gasteiger partial charge < -0.3 is 14.6 Å². The summed E-state index contributed by atoms with van der Waals surface area (Å²) in [4.78, 5) is 1.20. The molecule has 1 heterocycles. The monoisotopic (exact) mass is 410 g/mol. The highest BCUT2D eigenvalue weighted by Gasteiger charge is 2.69. The summed E-state index contributed by atoms with van der Waals surface area (Å²) in [6.07, 6.45) is 3.28. The normalized spacial score (nSPS) is 36.4. The van der Waals surface area contributed by atoms with Crippen molar-refractivity contribution >= 4 is 11.8 Å². The van der Waals surface area contributed by atoms with Crippen LogP contribution in [-0.4, -0.2) is 29.7 Å². The lowest BCUT2D eigenvalue weighted by molar-refractivity contribution is -0.163. The third-order valence-electron chi connectivity index (χ3n) is 7.57. The van der Waals surface area contributed by atoms with Crippen LogP contribution in [0.15, 0.2) is 65.6 Å². The average molecular weight is 411 g/mol. The molecule has 3 fully saturated rings. The first-order chi connectivity index (χ1) is 13.9. The number of benzene rings is 2. The Morgan fingerprint density at radius 3 is 1.86 bits per heavy atom. The van der Waals surface area contributed by atoms with Crippen LogP contribution >= 0.6 is 11.8 Å². The Labute approximate surface area is 177 Å². The molecule has 1 unspecified atom stereocenters. The summed E-state index contributed by atoms with van der Waals surface area (Å²) in [5, 5.41) is 12.1. The van der Waals surface area contributed by atoms with Crippen LogP contribution in [0.4, 0.5) is 0 Å². The molecule has 29 heavy (non-hydrogen) atoms. The molecule has 1 spiro atoms. The van der Waals surface area contributed by atoms with Gasteiger partial charge in [0.15, 0.2) is 5.79 Å². The second-order valence-corrected chi connectivity index (χ2v) is 10.9. The lowest BCUT2D eigenvalue weighted by atomic mass is 9.71. The Bertz CT molecular complexity index is 842. The van der Waals surface area contributed by atoms with Crippen molar-refractivity contribution in [1.82, 2.24) is 0 Å². The molecule has 4 atom stereocenters. The molecule has 5 rings (SSSR count). The SMILES string of the molecule is C[C@@]12CC3(C[C@]1(C)CC(O)([C@@H](Sc1ccccc1)c1ccccc1)C2)OCCO3. The van der Waals surface area contributed by atoms with E-state index in [9.17, 15) is 5.11 Å². The predicted octanol–water partition coefficient (Wildman–Crippen LogP) is 5.59. The molecular formula is C25H30O3S. The zero-order valence-electron chi connectivity index (χ0n) is 17.3. The van der Waals surface area contributed by atoms with Crippen LogP contribution in [0.1, 0.15) is 50.3 Å². The molecule has 2 aromatic rings. The molecule has 4 heteroatoms. The van der Waals surface area contributed by atoms with Crippen molar-refractivity contribution in [3.63, 3.8) is 0 Å². The first-order valence-corrected chi connectivity index (χ1v) is 11.5. The molecule has 2 aromatic carbocycles. The summed E-state index contributed by atoms with van der Waals surface area (Å²) in [7, 11) is 0. The Morgan fingerprint density at radius 1 is 0.793 bits per heavy atom. The van der Waals surface area contributed by atoms with Crippen molar-refractivity contribution < 1.29 is 14.6 Å². The standard InChI is InChI=1S/C25H30O3S/c1-22-15-24(26,16-23(22,2)18-25(17-22)27-13-14-28-25)21(19-9-5-3-6-10-19)29-20-11-7-4-8-12-20/h3-12,21,26H,13-18H2,1-2H3/t21-,22-,23+,24?/m0/s1. The molecule has 2 saturated carbocycles. The number of hydrogen-bond acceptors (Lipinski definition) is 4. The van der Waals surface area contributed by atoms with E-state index >= 15 is 0 Å². The molecule has 1 N–H and O–H groups in total. The van der Waals surface area contributed by atoms with E-state index < -0.39 is 11.4 Å². The zero-order chi connectivity index (χ0) is 20.2. The highest BCUT2D eigenvalue weighted by atomic mass is 32.2. The molecule has 0 bridgehead atoms. The van der Waals surface area contributed by atoms with Crippen LogP contribution < -0.4 is 0 Å². The maximum atomic E-state index is 12.1. The van der Waals surface area contributed by atoms with Gasteiger partial charge in [-0.25, -0.2) is 0 Å². The number of aliphatic hydroxyl groups is 1. The van der Waals surface area contributed by atoms with Crippen molar-refractivity contribution in [2.24, 2.45) is 10.8 Å². The Morgan fingerprint density at radius 2 is 1.31 bits per heavy atom. The minimum absolute atomic E-state index is 0.00360. The van der Waals surface area contributed by atoms with E-state index in [4.69, 9.17) is 9.47 Å². The maximum absolute atomic E-state index is 12.1. The molecule has 1 aliphatic heterocycles. The van der Waals surface area contributed by atoms with Crippen molar-refractivity contribution in [3.8, 4) is 0 Å². The van der Waals surface area contributed by atoms with Crippen LogP contribution in [-0.2, 0) is 9.47 Å². The molecule has 0 radical (unpaired) electrons. The molecule has 3 nitrogen and oxygen atoms in total. The van der Waals surface area contributed by atoms with Crippen LogP contribution in [0.3, 0.4) is 0 Å². The van der Waals surface area contributed by atoms with E-state index in [1.807, 2.05) is 12.1 Å². The van der Waals surface area contributed by atoms with E-state index in [0.29, 0.717) is 13.2 Å². The van der Waals surface area contributed by atoms with Gasteiger partial charge in [-0.3, -0.25) is 0 Å². The highest BCUT2D eigenvalue weighted by molar-refractivity contribution is 7.99. The number of rotatable bonds is 4. The summed E-state index contributed by atoms with van der Waals surface area (Å²) in [5.41, 5.74) is 0.414. The minimum Gasteiger partial charge on any atom is -0.388 e. The minimum atomic E-state index is -0.772. The molecular weight excluding hydrogens is 380 g/mol. The van der Waals surface area contributed by atoms with Crippen molar-refractivity contribution in [1.29, 1.82) is 0 Å². The van der Waals surface area contributed by atoms with Crippen molar-refractivity contribution in [2.45, 2.75) is 61.1 Å². The smallest absolute Gasteiger partial charge is 0.169 e. The van der Waals surface area contributed by atoms with Gasteiger partial charge in [0.05, 0.1) is 24.1 Å². The lowest BCUT2D eigenvalue weighted by Gasteiger charge is -2.36. The van der Waals surface area contributed by atoms with Crippen LogP contribution in [0.2, 0.25) is 0 Å². The van der Waals surface area contributed by atoms with E-state index in [1.165, 1.54) is 10.5 Å². The third kappa shape index (κ3) is 3.25. The summed E-state index contributed by atoms with van der Waals surface area (Å²) >= 11 is 1.79. The first kappa shape index (κ1) is 19.6. The van der Waals surface area contributed by atoms with Gasteiger partial charge in [-0.2, -0.15) is 0 Å². The van der Waals surface area contributed by atoms with Gasteiger partial charge in [0, 0.05) is 17.7 Å². The summed E-state index contributed by atoms with van der Waals surface area (Å²) in [6, 6.07) is 21.0. The molecule has 0 amide bonds. The summed E-state index contributed by atoms with van der Waals surface area (Å²) < 4.78 is 12.1. The maximum Gasteiger partial charge on any atom is 0.169 e. The second kappa shape index (κ2) is 6.84. The fraction of sp³-hybridized carbons (Fsp3) is 0.520. The Balaban J connectivity index is 1.49. The fourth-order valence-corrected chi connectivity index (χ4v) is 7.55. The summed E-state index contributed by atoms with van der Waals surface area (Å²) in [5.74, 6) is -0.431. The van der Waals surface area contributed by atoms with Gasteiger partial charge in [-0.15, -0.1) is 11.8 Å². The Hall–Kier alpha value is -1.33. The largest absolute Gasteiger partial charge is 0.388 e. The predicted molar refractivity (Wildman–Crippen MR) is 116 cm³/mol. The summed E-state index contributed by atoms with van der Waals surface area (Å²) in [6.45, 7) is 6.04. The molecule has 0 aromatic heterocycles. The number of fused-ring (bicyclic) bond motifs is 1. The van der Waals surface area contributed by atoms with Gasteiger partial charge in [-0.05, 0) is 41.4 Å². The van der Waals surface area contributed by atoms with E-state index in [2.05, 4.69) is 62.4 Å². The van der Waals surface area contributed by atoms with E-state index in [1.54, 1.807) is 11.8 Å². The number of thioether (sulfide) groups is 1. The molecule has 3 aliphatic rings. The van der Waals surface area contributed by atoms with Crippen molar-refractivity contribution in [2.75, 3.05) is 13.2 Å². The topological polar surface area (TPSA) is 38.7 Å². The van der Waals surface area contributed by atoms with Gasteiger partial charge in [0.2, 0.25) is 0 Å². The highest BCUT2D eigenvalue weighted by Crippen LogP contribution is 2.71. The quantitative estimate of drug-likeness (QED) is 0.667. The molecule has 1 saturated heterocycles. The van der Waals surface area contributed by atoms with Gasteiger partial charge >= 0.3 is 0 Å². The van der Waals surface area contributed by atoms with Gasteiger partial charge in [0.1, 0.15) is 0 Å². The third-order valence-corrected chi connectivity index (χ3v) is 9.06. The Kier molecular flexibility index (Phi) is 4.63. The van der Waals surface area contributed by atoms with E-state index in [-0.39, 0.29) is 16.1 Å².